The second-order valence-corrected chi connectivity index (χ2v) is 6.71. The lowest BCUT2D eigenvalue weighted by Gasteiger charge is -2.23. The fourth-order valence-corrected chi connectivity index (χ4v) is 3.16. The molecule has 116 valence electrons. The fraction of sp³-hybridized carbons (Fsp3) is 0.412. The van der Waals surface area contributed by atoms with Crippen molar-refractivity contribution in [3.05, 3.63) is 40.6 Å². The van der Waals surface area contributed by atoms with Crippen LogP contribution in [0.25, 0.3) is 0 Å². The van der Waals surface area contributed by atoms with Crippen molar-refractivity contribution < 1.29 is 0 Å². The van der Waals surface area contributed by atoms with Crippen LogP contribution in [-0.4, -0.2) is 16.0 Å². The largest absolute Gasteiger partial charge is 0.367 e. The molecule has 1 aromatic carbocycles. The summed E-state index contributed by atoms with van der Waals surface area (Å²) in [5, 5.41) is 6.86. The third kappa shape index (κ3) is 3.97. The van der Waals surface area contributed by atoms with Crippen molar-refractivity contribution in [1.82, 2.24) is 9.97 Å². The number of nitrogens with one attached hydrogen (secondary N) is 2. The van der Waals surface area contributed by atoms with E-state index in [1.54, 1.807) is 6.33 Å². The highest BCUT2D eigenvalue weighted by atomic mass is 79.9. The molecule has 1 fully saturated rings. The minimum absolute atomic E-state index is 0.546. The summed E-state index contributed by atoms with van der Waals surface area (Å²) in [5.74, 6) is 1.71. The number of halogens is 1. The lowest BCUT2D eigenvalue weighted by Crippen LogP contribution is -2.22. The molecule has 1 heterocycles. The molecule has 0 unspecified atom stereocenters. The van der Waals surface area contributed by atoms with Crippen LogP contribution in [0, 0.1) is 6.92 Å². The lowest BCUT2D eigenvalue weighted by atomic mass is 9.95. The van der Waals surface area contributed by atoms with Crippen LogP contribution in [0.4, 0.5) is 17.3 Å². The van der Waals surface area contributed by atoms with Crippen LogP contribution in [0.1, 0.15) is 37.7 Å². The molecule has 0 amide bonds. The molecule has 1 aromatic heterocycles. The van der Waals surface area contributed by atoms with Gasteiger partial charge in [-0.15, -0.1) is 0 Å². The normalized spacial score (nSPS) is 15.5. The Kier molecular flexibility index (Phi) is 4.93. The number of rotatable bonds is 4. The van der Waals surface area contributed by atoms with Crippen LogP contribution in [-0.2, 0) is 0 Å². The highest BCUT2D eigenvalue weighted by Gasteiger charge is 2.13. The zero-order valence-corrected chi connectivity index (χ0v) is 14.4. The predicted octanol–water partition coefficient (Wildman–Crippen LogP) is 5.04. The quantitative estimate of drug-likeness (QED) is 0.801. The molecular formula is C17H21BrN4. The van der Waals surface area contributed by atoms with Gasteiger partial charge in [0, 0.05) is 22.3 Å². The van der Waals surface area contributed by atoms with Crippen LogP contribution in [0.5, 0.6) is 0 Å². The molecule has 2 aromatic rings. The average molecular weight is 361 g/mol. The molecule has 0 atom stereocenters. The van der Waals surface area contributed by atoms with Gasteiger partial charge in [-0.2, -0.15) is 0 Å². The molecule has 0 bridgehead atoms. The van der Waals surface area contributed by atoms with Gasteiger partial charge in [-0.05, 0) is 37.5 Å². The zero-order chi connectivity index (χ0) is 15.4. The van der Waals surface area contributed by atoms with Crippen molar-refractivity contribution in [2.75, 3.05) is 10.6 Å². The number of anilines is 3. The first-order chi connectivity index (χ1) is 10.7. The first-order valence-corrected chi connectivity index (χ1v) is 8.62. The van der Waals surface area contributed by atoms with E-state index in [0.717, 1.165) is 21.8 Å². The molecule has 4 nitrogen and oxygen atoms in total. The van der Waals surface area contributed by atoms with Gasteiger partial charge in [-0.25, -0.2) is 9.97 Å². The number of hydrogen-bond donors (Lipinski definition) is 2. The Balaban J connectivity index is 1.68. The van der Waals surface area contributed by atoms with E-state index >= 15 is 0 Å². The van der Waals surface area contributed by atoms with Crippen molar-refractivity contribution in [2.24, 2.45) is 0 Å². The van der Waals surface area contributed by atoms with Crippen LogP contribution in [0.2, 0.25) is 0 Å². The number of aromatic nitrogens is 2. The summed E-state index contributed by atoms with van der Waals surface area (Å²) in [7, 11) is 0. The molecule has 0 radical (unpaired) electrons. The van der Waals surface area contributed by atoms with E-state index in [1.807, 2.05) is 6.07 Å². The molecular weight excluding hydrogens is 340 g/mol. The third-order valence-electron chi connectivity index (χ3n) is 4.07. The monoisotopic (exact) mass is 360 g/mol. The Morgan fingerprint density at radius 3 is 2.59 bits per heavy atom. The Bertz CT molecular complexity index is 638. The van der Waals surface area contributed by atoms with Crippen molar-refractivity contribution in [1.29, 1.82) is 0 Å². The van der Waals surface area contributed by atoms with Gasteiger partial charge in [0.25, 0.3) is 0 Å². The van der Waals surface area contributed by atoms with Crippen LogP contribution >= 0.6 is 15.9 Å². The molecule has 0 spiro atoms. The minimum Gasteiger partial charge on any atom is -0.367 e. The summed E-state index contributed by atoms with van der Waals surface area (Å²) < 4.78 is 1.09. The number of aryl methyl sites for hydroxylation is 1. The second-order valence-electron chi connectivity index (χ2n) is 5.86. The van der Waals surface area contributed by atoms with E-state index in [0.29, 0.717) is 6.04 Å². The third-order valence-corrected chi connectivity index (χ3v) is 4.92. The smallest absolute Gasteiger partial charge is 0.135 e. The number of hydrogen-bond acceptors (Lipinski definition) is 4. The maximum Gasteiger partial charge on any atom is 0.135 e. The van der Waals surface area contributed by atoms with Crippen molar-refractivity contribution >= 4 is 33.3 Å². The summed E-state index contributed by atoms with van der Waals surface area (Å²) in [4.78, 5) is 8.64. The van der Waals surface area contributed by atoms with Gasteiger partial charge in [0.1, 0.15) is 18.0 Å². The summed E-state index contributed by atoms with van der Waals surface area (Å²) in [5.41, 5.74) is 2.23. The van der Waals surface area contributed by atoms with Gasteiger partial charge in [0.15, 0.2) is 0 Å². The standard InChI is InChI=1S/C17H21BrN4/c1-12-7-8-14(9-15(12)18)22-17-10-16(19-11-20-17)21-13-5-3-2-4-6-13/h7-11,13H,2-6H2,1H3,(H2,19,20,21,22). The first-order valence-electron chi connectivity index (χ1n) is 7.82. The van der Waals surface area contributed by atoms with Gasteiger partial charge in [-0.1, -0.05) is 41.3 Å². The van der Waals surface area contributed by atoms with E-state index < -0.39 is 0 Å². The van der Waals surface area contributed by atoms with E-state index in [-0.39, 0.29) is 0 Å². The van der Waals surface area contributed by atoms with Gasteiger partial charge in [0.05, 0.1) is 0 Å². The van der Waals surface area contributed by atoms with Gasteiger partial charge >= 0.3 is 0 Å². The molecule has 5 heteroatoms. The van der Waals surface area contributed by atoms with Gasteiger partial charge in [-0.3, -0.25) is 0 Å². The van der Waals surface area contributed by atoms with E-state index in [1.165, 1.54) is 37.7 Å². The molecule has 0 saturated heterocycles. The Morgan fingerprint density at radius 1 is 1.05 bits per heavy atom. The Morgan fingerprint density at radius 2 is 1.82 bits per heavy atom. The van der Waals surface area contributed by atoms with Gasteiger partial charge < -0.3 is 10.6 Å². The summed E-state index contributed by atoms with van der Waals surface area (Å²) in [6.45, 7) is 2.07. The zero-order valence-electron chi connectivity index (χ0n) is 12.8. The van der Waals surface area contributed by atoms with Crippen molar-refractivity contribution in [3.8, 4) is 0 Å². The SMILES string of the molecule is Cc1ccc(Nc2cc(NC3CCCCC3)ncn2)cc1Br. The molecule has 1 aliphatic carbocycles. The van der Waals surface area contributed by atoms with Crippen LogP contribution in [0.3, 0.4) is 0 Å². The van der Waals surface area contributed by atoms with E-state index in [4.69, 9.17) is 0 Å². The number of benzene rings is 1. The maximum atomic E-state index is 4.34. The summed E-state index contributed by atoms with van der Waals surface area (Å²) in [6.07, 6.45) is 8.06. The molecule has 1 aliphatic rings. The van der Waals surface area contributed by atoms with Crippen molar-refractivity contribution in [3.63, 3.8) is 0 Å². The number of nitrogens with zero attached hydrogens (tertiary/aromatic N) is 2. The Hall–Kier alpha value is -1.62. The maximum absolute atomic E-state index is 4.34. The van der Waals surface area contributed by atoms with Crippen LogP contribution in [0.15, 0.2) is 35.1 Å². The van der Waals surface area contributed by atoms with Crippen LogP contribution < -0.4 is 10.6 Å². The molecule has 22 heavy (non-hydrogen) atoms. The molecule has 0 aliphatic heterocycles. The second kappa shape index (κ2) is 7.09. The fourth-order valence-electron chi connectivity index (χ4n) is 2.78. The van der Waals surface area contributed by atoms with E-state index in [9.17, 15) is 0 Å². The highest BCUT2D eigenvalue weighted by molar-refractivity contribution is 9.10. The Labute approximate surface area is 139 Å². The van der Waals surface area contributed by atoms with E-state index in [2.05, 4.69) is 61.7 Å². The lowest BCUT2D eigenvalue weighted by molar-refractivity contribution is 0.462. The molecule has 3 rings (SSSR count). The summed E-state index contributed by atoms with van der Waals surface area (Å²) in [6, 6.07) is 8.71. The van der Waals surface area contributed by atoms with Gasteiger partial charge in [0.2, 0.25) is 0 Å². The first kappa shape index (κ1) is 15.3. The highest BCUT2D eigenvalue weighted by Crippen LogP contribution is 2.24. The average Bonchev–Trinajstić information content (AvgIpc) is 2.52. The molecule has 2 N–H and O–H groups in total. The van der Waals surface area contributed by atoms with Crippen molar-refractivity contribution in [2.45, 2.75) is 45.1 Å². The molecule has 1 saturated carbocycles. The minimum atomic E-state index is 0.546. The topological polar surface area (TPSA) is 49.8 Å². The predicted molar refractivity (Wildman–Crippen MR) is 94.7 cm³/mol. The summed E-state index contributed by atoms with van der Waals surface area (Å²) >= 11 is 3.55.